The minimum atomic E-state index is -0.128. The van der Waals surface area contributed by atoms with E-state index in [0.29, 0.717) is 27.5 Å². The van der Waals surface area contributed by atoms with Gasteiger partial charge in [0.2, 0.25) is 0 Å². The zero-order valence-electron chi connectivity index (χ0n) is 17.6. The first kappa shape index (κ1) is 22.1. The number of ketones is 2. The fourth-order valence-electron chi connectivity index (χ4n) is 2.98. The Morgan fingerprint density at radius 2 is 1.67 bits per heavy atom. The summed E-state index contributed by atoms with van der Waals surface area (Å²) in [6.07, 6.45) is 0.478. The molecule has 3 aromatic rings. The molecule has 0 saturated heterocycles. The Kier molecular flexibility index (Phi) is 7.00. The minimum absolute atomic E-state index is 0.0146. The van der Waals surface area contributed by atoms with Gasteiger partial charge in [-0.1, -0.05) is 43.7 Å². The lowest BCUT2D eigenvalue weighted by Gasteiger charge is -2.03. The average Bonchev–Trinajstić information content (AvgIpc) is 3.33. The van der Waals surface area contributed by atoms with Gasteiger partial charge in [0.25, 0.3) is 0 Å². The molecule has 2 heterocycles. The van der Waals surface area contributed by atoms with Gasteiger partial charge < -0.3 is 5.11 Å². The van der Waals surface area contributed by atoms with Gasteiger partial charge in [-0.25, -0.2) is 0 Å². The van der Waals surface area contributed by atoms with Crippen molar-refractivity contribution in [1.29, 1.82) is 0 Å². The number of carbonyl (C=O) groups excluding carboxylic acids is 2. The van der Waals surface area contributed by atoms with Crippen LogP contribution in [0.25, 0.3) is 10.4 Å². The quantitative estimate of drug-likeness (QED) is 0.326. The number of hydrogen-bond acceptors (Lipinski definition) is 6. The summed E-state index contributed by atoms with van der Waals surface area (Å²) in [7, 11) is 0. The highest BCUT2D eigenvalue weighted by atomic mass is 32.1. The molecule has 0 spiro atoms. The van der Waals surface area contributed by atoms with Crippen LogP contribution < -0.4 is 0 Å². The van der Waals surface area contributed by atoms with Crippen LogP contribution in [0.1, 0.15) is 57.7 Å². The molecule has 0 aliphatic heterocycles. The second-order valence-corrected chi connectivity index (χ2v) is 9.67. The number of aryl methyl sites for hydroxylation is 1. The fourth-order valence-corrected chi connectivity index (χ4v) is 4.88. The summed E-state index contributed by atoms with van der Waals surface area (Å²) in [5.74, 6) is 0.418. The fraction of sp³-hybridized carbons (Fsp3) is 0.292. The number of aromatic hydroxyl groups is 1. The summed E-state index contributed by atoms with van der Waals surface area (Å²) in [5.41, 5.74) is 3.37. The molecule has 3 rings (SSSR count). The monoisotopic (exact) mass is 439 g/mol. The third-order valence-corrected chi connectivity index (χ3v) is 6.86. The van der Waals surface area contributed by atoms with Gasteiger partial charge in [-0.05, 0) is 37.5 Å². The number of carbonyl (C=O) groups is 2. The smallest absolute Gasteiger partial charge is 0.194 e. The molecule has 4 nitrogen and oxygen atoms in total. The van der Waals surface area contributed by atoms with Crippen LogP contribution in [0.2, 0.25) is 0 Å². The van der Waals surface area contributed by atoms with E-state index in [4.69, 9.17) is 0 Å². The van der Waals surface area contributed by atoms with Crippen molar-refractivity contribution in [1.82, 2.24) is 0 Å². The summed E-state index contributed by atoms with van der Waals surface area (Å²) in [4.78, 5) is 31.0. The highest BCUT2D eigenvalue weighted by Crippen LogP contribution is 2.38. The van der Waals surface area contributed by atoms with E-state index in [1.807, 2.05) is 50.4 Å². The summed E-state index contributed by atoms with van der Waals surface area (Å²) in [5, 5.41) is 12.5. The third kappa shape index (κ3) is 5.12. The lowest BCUT2D eigenvalue weighted by Crippen LogP contribution is -2.04. The summed E-state index contributed by atoms with van der Waals surface area (Å²) in [6.45, 7) is 7.80. The first-order valence-corrected chi connectivity index (χ1v) is 11.5. The standard InChI is InChI=1S/C24H25NO3S2/c1-14(2)11-19(26)21-9-10-22(30-21)20(27)12-25-16(4)18-13-29-24(23(18)28)17-7-5-15(3)6-8-17/h5-10,13-14,28H,11-12H2,1-4H3. The van der Waals surface area contributed by atoms with Gasteiger partial charge in [-0.15, -0.1) is 22.7 Å². The second kappa shape index (κ2) is 9.49. The van der Waals surface area contributed by atoms with Gasteiger partial charge in [0.1, 0.15) is 12.3 Å². The predicted octanol–water partition coefficient (Wildman–Crippen LogP) is 6.41. The molecule has 0 radical (unpaired) electrons. The van der Waals surface area contributed by atoms with Crippen LogP contribution in [-0.4, -0.2) is 28.9 Å². The molecule has 0 unspecified atom stereocenters. The zero-order chi connectivity index (χ0) is 21.8. The van der Waals surface area contributed by atoms with E-state index in [2.05, 4.69) is 4.99 Å². The number of Topliss-reactive ketones (excluding diaryl/α,β-unsaturated/α-hetero) is 2. The maximum absolute atomic E-state index is 12.5. The van der Waals surface area contributed by atoms with Crippen LogP contribution in [0.5, 0.6) is 5.75 Å². The van der Waals surface area contributed by atoms with Crippen molar-refractivity contribution < 1.29 is 14.7 Å². The largest absolute Gasteiger partial charge is 0.506 e. The molecule has 0 saturated carbocycles. The maximum Gasteiger partial charge on any atom is 0.194 e. The molecule has 0 aliphatic rings. The van der Waals surface area contributed by atoms with E-state index < -0.39 is 0 Å². The highest BCUT2D eigenvalue weighted by Gasteiger charge is 2.17. The Hall–Kier alpha value is -2.57. The molecule has 0 atom stereocenters. The molecule has 6 heteroatoms. The number of nitrogens with zero attached hydrogens (tertiary/aromatic N) is 1. The van der Waals surface area contributed by atoms with Gasteiger partial charge in [0, 0.05) is 23.1 Å². The Labute approximate surface area is 184 Å². The number of aliphatic imine (C=N–C) groups is 1. The molecule has 1 aromatic carbocycles. The zero-order valence-corrected chi connectivity index (χ0v) is 19.2. The van der Waals surface area contributed by atoms with Crippen LogP contribution in [-0.2, 0) is 0 Å². The minimum Gasteiger partial charge on any atom is -0.506 e. The normalized spacial score (nSPS) is 11.8. The Morgan fingerprint density at radius 1 is 1.03 bits per heavy atom. The second-order valence-electron chi connectivity index (χ2n) is 7.70. The molecule has 0 bridgehead atoms. The summed E-state index contributed by atoms with van der Waals surface area (Å²) >= 11 is 2.68. The van der Waals surface area contributed by atoms with Crippen LogP contribution in [0.4, 0.5) is 0 Å². The average molecular weight is 440 g/mol. The van der Waals surface area contributed by atoms with Crippen molar-refractivity contribution in [2.75, 3.05) is 6.54 Å². The van der Waals surface area contributed by atoms with E-state index in [1.165, 1.54) is 22.7 Å². The maximum atomic E-state index is 12.5. The molecule has 0 amide bonds. The molecule has 2 aromatic heterocycles. The van der Waals surface area contributed by atoms with Crippen LogP contribution >= 0.6 is 22.7 Å². The van der Waals surface area contributed by atoms with E-state index in [-0.39, 0.29) is 29.8 Å². The molecular weight excluding hydrogens is 414 g/mol. The van der Waals surface area contributed by atoms with Gasteiger partial charge in [-0.2, -0.15) is 0 Å². The summed E-state index contributed by atoms with van der Waals surface area (Å²) in [6, 6.07) is 11.4. The Balaban J connectivity index is 1.71. The van der Waals surface area contributed by atoms with E-state index in [1.54, 1.807) is 19.1 Å². The molecular formula is C24H25NO3S2. The van der Waals surface area contributed by atoms with Crippen LogP contribution in [0.3, 0.4) is 0 Å². The van der Waals surface area contributed by atoms with Gasteiger partial charge in [-0.3, -0.25) is 14.6 Å². The van der Waals surface area contributed by atoms with Gasteiger partial charge in [0.05, 0.1) is 14.6 Å². The molecule has 0 aliphatic carbocycles. The molecule has 30 heavy (non-hydrogen) atoms. The molecule has 156 valence electrons. The van der Waals surface area contributed by atoms with Crippen molar-refractivity contribution in [3.63, 3.8) is 0 Å². The Bertz CT molecular complexity index is 1090. The third-order valence-electron chi connectivity index (χ3n) is 4.68. The number of hydrogen-bond donors (Lipinski definition) is 1. The van der Waals surface area contributed by atoms with Crippen molar-refractivity contribution >= 4 is 40.0 Å². The van der Waals surface area contributed by atoms with E-state index in [9.17, 15) is 14.7 Å². The lowest BCUT2D eigenvalue weighted by atomic mass is 10.1. The Morgan fingerprint density at radius 3 is 2.30 bits per heavy atom. The van der Waals surface area contributed by atoms with E-state index in [0.717, 1.165) is 16.0 Å². The van der Waals surface area contributed by atoms with Crippen molar-refractivity contribution in [2.45, 2.75) is 34.1 Å². The predicted molar refractivity (Wildman–Crippen MR) is 126 cm³/mol. The van der Waals surface area contributed by atoms with Gasteiger partial charge in [0.15, 0.2) is 11.6 Å². The topological polar surface area (TPSA) is 66.7 Å². The number of benzene rings is 1. The molecule has 0 fully saturated rings. The van der Waals surface area contributed by atoms with Gasteiger partial charge >= 0.3 is 0 Å². The molecule has 1 N–H and O–H groups in total. The first-order valence-electron chi connectivity index (χ1n) is 9.81. The number of thiophene rings is 2. The number of rotatable bonds is 8. The first-order chi connectivity index (χ1) is 14.3. The van der Waals surface area contributed by atoms with Crippen molar-refractivity contribution in [3.8, 4) is 16.2 Å². The van der Waals surface area contributed by atoms with Crippen LogP contribution in [0, 0.1) is 12.8 Å². The van der Waals surface area contributed by atoms with Crippen molar-refractivity contribution in [2.24, 2.45) is 10.9 Å². The highest BCUT2D eigenvalue weighted by molar-refractivity contribution is 7.16. The van der Waals surface area contributed by atoms with E-state index >= 15 is 0 Å². The SMILES string of the molecule is CC(=NCC(=O)c1ccc(C(=O)CC(C)C)s1)c1csc(-c2ccc(C)cc2)c1O. The van der Waals surface area contributed by atoms with Crippen LogP contribution in [0.15, 0.2) is 46.8 Å². The lowest BCUT2D eigenvalue weighted by molar-refractivity contribution is 0.0970. The van der Waals surface area contributed by atoms with Crippen molar-refractivity contribution in [3.05, 3.63) is 62.7 Å². The summed E-state index contributed by atoms with van der Waals surface area (Å²) < 4.78 is 0.